The van der Waals surface area contributed by atoms with E-state index >= 15 is 17.6 Å². The summed E-state index contributed by atoms with van der Waals surface area (Å²) in [5.74, 6) is -15.8. The van der Waals surface area contributed by atoms with E-state index in [1.54, 1.807) is 6.07 Å². The van der Waals surface area contributed by atoms with E-state index in [4.69, 9.17) is 4.74 Å². The lowest BCUT2D eigenvalue weighted by molar-refractivity contribution is -0.254. The summed E-state index contributed by atoms with van der Waals surface area (Å²) in [5.41, 5.74) is -3.31. The molecular weight excluding hydrogens is 456 g/mol. The molecule has 0 radical (unpaired) electrons. The second-order valence-corrected chi connectivity index (χ2v) is 8.90. The molecule has 3 aromatic rings. The lowest BCUT2D eigenvalue weighted by Gasteiger charge is -2.26. The molecule has 1 aromatic carbocycles. The van der Waals surface area contributed by atoms with E-state index < -0.39 is 40.0 Å². The molecule has 0 saturated heterocycles. The lowest BCUT2D eigenvalue weighted by atomic mass is 9.93. The number of hydrogen-bond donors (Lipinski definition) is 0. The van der Waals surface area contributed by atoms with Crippen LogP contribution in [0.2, 0.25) is 0 Å². The number of aromatic nitrogens is 1. The number of rotatable bonds is 4. The fourth-order valence-corrected chi connectivity index (χ4v) is 5.07. The topological polar surface area (TPSA) is 31.2 Å². The van der Waals surface area contributed by atoms with Gasteiger partial charge in [-0.2, -0.15) is 26.3 Å². The molecule has 0 amide bonds. The number of aldehydes is 1. The highest BCUT2D eigenvalue weighted by Gasteiger charge is 2.80. The Balaban J connectivity index is 2.22. The number of carbonyl (C=O) groups is 1. The third-order valence-corrected chi connectivity index (χ3v) is 6.91. The van der Waals surface area contributed by atoms with Crippen LogP contribution in [-0.2, 0) is 7.05 Å². The summed E-state index contributed by atoms with van der Waals surface area (Å²) in [5, 5.41) is 0.0773. The Morgan fingerprint density at radius 3 is 2.19 bits per heavy atom. The number of aryl methyl sites for hydroxylation is 2. The van der Waals surface area contributed by atoms with E-state index in [2.05, 4.69) is 0 Å². The molecule has 0 aliphatic heterocycles. The summed E-state index contributed by atoms with van der Waals surface area (Å²) in [4.78, 5) is 11.2. The van der Waals surface area contributed by atoms with Crippen LogP contribution in [-0.4, -0.2) is 35.7 Å². The van der Waals surface area contributed by atoms with E-state index in [1.807, 2.05) is 0 Å². The van der Waals surface area contributed by atoms with E-state index in [0.717, 1.165) is 17.4 Å². The minimum atomic E-state index is -5.67. The van der Waals surface area contributed by atoms with Gasteiger partial charge in [0, 0.05) is 45.2 Å². The number of benzene rings is 1. The molecule has 2 aromatic heterocycles. The zero-order valence-electron chi connectivity index (χ0n) is 17.3. The number of nitrogens with zero attached hydrogens (tertiary/aromatic N) is 1. The highest BCUT2D eigenvalue weighted by atomic mass is 32.1. The zero-order chi connectivity index (χ0) is 23.8. The first-order valence-corrected chi connectivity index (χ1v) is 10.2. The molecule has 0 N–H and O–H groups in total. The monoisotopic (exact) mass is 473 g/mol. The van der Waals surface area contributed by atoms with E-state index in [-0.39, 0.29) is 26.6 Å². The standard InChI is InChI=1S/C22H17F6NO2S/c1-10-17(15-7-12(31-4)5-6-16(15)29(10)3)19-18(14-8-13(9-30)32-11(14)2)20(23,24)22(27,28)21(19,25)26/h5-9H,1-4H3. The summed E-state index contributed by atoms with van der Waals surface area (Å²) in [6, 6.07) is 5.39. The van der Waals surface area contributed by atoms with Crippen LogP contribution >= 0.6 is 11.3 Å². The van der Waals surface area contributed by atoms with Gasteiger partial charge in [0.05, 0.1) is 12.0 Å². The van der Waals surface area contributed by atoms with Crippen LogP contribution in [0.5, 0.6) is 5.75 Å². The van der Waals surface area contributed by atoms with Gasteiger partial charge in [0.15, 0.2) is 6.29 Å². The zero-order valence-corrected chi connectivity index (χ0v) is 18.1. The van der Waals surface area contributed by atoms with Gasteiger partial charge >= 0.3 is 17.8 Å². The molecular formula is C22H17F6NO2S. The minimum absolute atomic E-state index is 0.0324. The van der Waals surface area contributed by atoms with Crippen LogP contribution in [0, 0.1) is 13.8 Å². The van der Waals surface area contributed by atoms with Crippen molar-refractivity contribution in [3.63, 3.8) is 0 Å². The molecule has 32 heavy (non-hydrogen) atoms. The lowest BCUT2D eigenvalue weighted by Crippen LogP contribution is -2.49. The normalized spacial score (nSPS) is 19.1. The van der Waals surface area contributed by atoms with Crippen molar-refractivity contribution in [2.75, 3.05) is 7.11 Å². The van der Waals surface area contributed by atoms with Gasteiger partial charge in [-0.3, -0.25) is 4.79 Å². The first-order chi connectivity index (χ1) is 14.8. The van der Waals surface area contributed by atoms with Crippen molar-refractivity contribution in [2.45, 2.75) is 31.6 Å². The maximum atomic E-state index is 15.2. The van der Waals surface area contributed by atoms with Gasteiger partial charge in [0.1, 0.15) is 5.75 Å². The molecule has 2 heterocycles. The van der Waals surface area contributed by atoms with E-state index in [0.29, 0.717) is 11.8 Å². The van der Waals surface area contributed by atoms with Crippen molar-refractivity contribution < 1.29 is 35.9 Å². The van der Waals surface area contributed by atoms with Gasteiger partial charge in [-0.1, -0.05) is 0 Å². The van der Waals surface area contributed by atoms with Crippen LogP contribution in [0.1, 0.15) is 31.4 Å². The number of carbonyl (C=O) groups excluding carboxylic acids is 1. The molecule has 1 aliphatic carbocycles. The first kappa shape index (κ1) is 22.4. The quantitative estimate of drug-likeness (QED) is 0.320. The number of fused-ring (bicyclic) bond motifs is 1. The molecule has 0 fully saturated rings. The molecule has 170 valence electrons. The Hall–Kier alpha value is -2.75. The first-order valence-electron chi connectivity index (χ1n) is 9.39. The SMILES string of the molecule is COc1ccc2c(c1)c(C1=C(c3cc(C=O)sc3C)C(F)(F)C(F)(F)C1(F)F)c(C)n2C. The third-order valence-electron chi connectivity index (χ3n) is 5.94. The Kier molecular flexibility index (Phi) is 4.82. The van der Waals surface area contributed by atoms with Gasteiger partial charge in [-0.25, -0.2) is 0 Å². The third kappa shape index (κ3) is 2.65. The summed E-state index contributed by atoms with van der Waals surface area (Å²) in [6.45, 7) is 2.72. The van der Waals surface area contributed by atoms with Gasteiger partial charge in [0.2, 0.25) is 0 Å². The van der Waals surface area contributed by atoms with Crippen LogP contribution in [0.4, 0.5) is 26.3 Å². The molecule has 3 nitrogen and oxygen atoms in total. The summed E-state index contributed by atoms with van der Waals surface area (Å²) in [6.07, 6.45) is 0.360. The Bertz CT molecular complexity index is 1300. The van der Waals surface area contributed by atoms with Gasteiger partial charge in [-0.05, 0) is 43.7 Å². The molecule has 0 spiro atoms. The van der Waals surface area contributed by atoms with Gasteiger partial charge in [-0.15, -0.1) is 11.3 Å². The van der Waals surface area contributed by atoms with Crippen molar-refractivity contribution >= 4 is 39.7 Å². The predicted octanol–water partition coefficient (Wildman–Crippen LogP) is 6.51. The van der Waals surface area contributed by atoms with Crippen LogP contribution < -0.4 is 4.74 Å². The molecule has 0 bridgehead atoms. The van der Waals surface area contributed by atoms with Crippen molar-refractivity contribution in [2.24, 2.45) is 7.05 Å². The number of methoxy groups -OCH3 is 1. The maximum Gasteiger partial charge on any atom is 0.380 e. The van der Waals surface area contributed by atoms with Gasteiger partial charge < -0.3 is 9.30 Å². The number of halogens is 6. The molecule has 0 atom stereocenters. The highest BCUT2D eigenvalue weighted by Crippen LogP contribution is 2.66. The molecule has 10 heteroatoms. The predicted molar refractivity (Wildman–Crippen MR) is 110 cm³/mol. The van der Waals surface area contributed by atoms with E-state index in [1.165, 1.54) is 44.7 Å². The number of alkyl halides is 6. The molecule has 1 aliphatic rings. The fraction of sp³-hybridized carbons (Fsp3) is 0.318. The van der Waals surface area contributed by atoms with E-state index in [9.17, 15) is 13.6 Å². The highest BCUT2D eigenvalue weighted by molar-refractivity contribution is 7.13. The number of ether oxygens (including phenoxy) is 1. The molecule has 0 saturated carbocycles. The van der Waals surface area contributed by atoms with Gasteiger partial charge in [0.25, 0.3) is 0 Å². The molecule has 4 rings (SSSR count). The Morgan fingerprint density at radius 2 is 1.62 bits per heavy atom. The van der Waals surface area contributed by atoms with Crippen molar-refractivity contribution in [1.29, 1.82) is 0 Å². The molecule has 0 unspecified atom stereocenters. The van der Waals surface area contributed by atoms with Crippen LogP contribution in [0.25, 0.3) is 22.0 Å². The van der Waals surface area contributed by atoms with Crippen molar-refractivity contribution in [3.8, 4) is 5.75 Å². The minimum Gasteiger partial charge on any atom is -0.497 e. The summed E-state index contributed by atoms with van der Waals surface area (Å²) in [7, 11) is 2.86. The summed E-state index contributed by atoms with van der Waals surface area (Å²) >= 11 is 0.768. The number of thiophene rings is 1. The van der Waals surface area contributed by atoms with Crippen LogP contribution in [0.3, 0.4) is 0 Å². The maximum absolute atomic E-state index is 15.2. The largest absolute Gasteiger partial charge is 0.497 e. The second-order valence-electron chi connectivity index (χ2n) is 7.61. The van der Waals surface area contributed by atoms with Crippen LogP contribution in [0.15, 0.2) is 24.3 Å². The Labute approximate surface area is 182 Å². The smallest absolute Gasteiger partial charge is 0.380 e. The average Bonchev–Trinajstić information content (AvgIpc) is 3.25. The van der Waals surface area contributed by atoms with Crippen molar-refractivity contribution in [1.82, 2.24) is 4.57 Å². The average molecular weight is 473 g/mol. The summed E-state index contributed by atoms with van der Waals surface area (Å²) < 4.78 is 96.5. The number of allylic oxidation sites excluding steroid dienone is 2. The Morgan fingerprint density at radius 1 is 1.00 bits per heavy atom. The van der Waals surface area contributed by atoms with Crippen molar-refractivity contribution in [3.05, 3.63) is 50.8 Å². The fourth-order valence-electron chi connectivity index (χ4n) is 4.22. The number of hydrogen-bond acceptors (Lipinski definition) is 3. The second kappa shape index (κ2) is 6.87.